The summed E-state index contributed by atoms with van der Waals surface area (Å²) in [6, 6.07) is 3.47. The van der Waals surface area contributed by atoms with E-state index in [2.05, 4.69) is 27.7 Å². The number of ether oxygens (including phenoxy) is 3. The van der Waals surface area contributed by atoms with Gasteiger partial charge in [0.2, 0.25) is 5.75 Å². The summed E-state index contributed by atoms with van der Waals surface area (Å²) >= 11 is 0. The molecule has 0 saturated carbocycles. The third kappa shape index (κ3) is 3.90. The zero-order valence-electron chi connectivity index (χ0n) is 14.1. The molecule has 0 spiro atoms. The van der Waals surface area contributed by atoms with Crippen molar-refractivity contribution in [1.29, 1.82) is 0 Å². The van der Waals surface area contributed by atoms with Crippen LogP contribution in [0.3, 0.4) is 0 Å². The molecule has 1 aromatic rings. The summed E-state index contributed by atoms with van der Waals surface area (Å²) in [4.78, 5) is 12.6. The lowest BCUT2D eigenvalue weighted by molar-refractivity contribution is 0.0923. The summed E-state index contributed by atoms with van der Waals surface area (Å²) in [5, 5.41) is 0. The monoisotopic (exact) mass is 294 g/mol. The lowest BCUT2D eigenvalue weighted by Gasteiger charge is -2.27. The summed E-state index contributed by atoms with van der Waals surface area (Å²) < 4.78 is 15.9. The molecule has 0 saturated heterocycles. The fourth-order valence-corrected chi connectivity index (χ4v) is 2.02. The van der Waals surface area contributed by atoms with Gasteiger partial charge in [-0.3, -0.25) is 4.79 Å². The lowest BCUT2D eigenvalue weighted by atomic mass is 9.78. The fourth-order valence-electron chi connectivity index (χ4n) is 2.02. The molecule has 0 aliphatic heterocycles. The molecule has 0 fully saturated rings. The number of benzene rings is 1. The van der Waals surface area contributed by atoms with E-state index in [9.17, 15) is 4.79 Å². The first kappa shape index (κ1) is 17.3. The van der Waals surface area contributed by atoms with Crippen LogP contribution in [0, 0.1) is 11.3 Å². The summed E-state index contributed by atoms with van der Waals surface area (Å²) in [5.41, 5.74) is 0.616. The maximum atomic E-state index is 12.6. The number of rotatable bonds is 6. The van der Waals surface area contributed by atoms with E-state index < -0.39 is 0 Å². The molecule has 1 unspecified atom stereocenters. The Morgan fingerprint density at radius 3 is 2.05 bits per heavy atom. The van der Waals surface area contributed by atoms with Crippen molar-refractivity contribution in [2.45, 2.75) is 34.1 Å². The van der Waals surface area contributed by atoms with Gasteiger partial charge in [0.1, 0.15) is 0 Å². The van der Waals surface area contributed by atoms with Crippen molar-refractivity contribution < 1.29 is 19.0 Å². The van der Waals surface area contributed by atoms with Gasteiger partial charge in [-0.15, -0.1) is 0 Å². The maximum Gasteiger partial charge on any atom is 0.204 e. The van der Waals surface area contributed by atoms with E-state index in [1.807, 2.05) is 0 Å². The number of hydrogen-bond donors (Lipinski definition) is 0. The Kier molecular flexibility index (Phi) is 5.64. The molecule has 1 rings (SSSR count). The minimum atomic E-state index is 0.0511. The van der Waals surface area contributed by atoms with Crippen molar-refractivity contribution in [3.05, 3.63) is 17.7 Å². The molecule has 0 aliphatic carbocycles. The van der Waals surface area contributed by atoms with E-state index in [1.54, 1.807) is 19.2 Å². The molecule has 118 valence electrons. The van der Waals surface area contributed by atoms with Crippen LogP contribution >= 0.6 is 0 Å². The maximum absolute atomic E-state index is 12.6. The third-order valence-corrected chi connectivity index (χ3v) is 3.97. The predicted octanol–water partition coefficient (Wildman–Crippen LogP) is 3.97. The lowest BCUT2D eigenvalue weighted by Crippen LogP contribution is -2.21. The van der Waals surface area contributed by atoms with Crippen molar-refractivity contribution in [2.75, 3.05) is 21.3 Å². The second-order valence-electron chi connectivity index (χ2n) is 6.28. The molecular formula is C17H26O4. The normalized spacial score (nSPS) is 12.7. The molecule has 4 nitrogen and oxygen atoms in total. The Morgan fingerprint density at radius 1 is 1.05 bits per heavy atom. The number of methoxy groups -OCH3 is 3. The van der Waals surface area contributed by atoms with E-state index >= 15 is 0 Å². The van der Waals surface area contributed by atoms with E-state index in [1.165, 1.54) is 14.2 Å². The van der Waals surface area contributed by atoms with Gasteiger partial charge in [-0.05, 0) is 23.5 Å². The summed E-state index contributed by atoms with van der Waals surface area (Å²) in [5.74, 6) is 1.75. The molecule has 0 aromatic heterocycles. The van der Waals surface area contributed by atoms with Crippen LogP contribution < -0.4 is 14.2 Å². The Labute approximate surface area is 127 Å². The highest BCUT2D eigenvalue weighted by Crippen LogP contribution is 2.41. The zero-order valence-corrected chi connectivity index (χ0v) is 14.1. The van der Waals surface area contributed by atoms with Gasteiger partial charge >= 0.3 is 0 Å². The summed E-state index contributed by atoms with van der Waals surface area (Å²) in [6.45, 7) is 8.50. The third-order valence-electron chi connectivity index (χ3n) is 3.97. The number of hydrogen-bond acceptors (Lipinski definition) is 4. The van der Waals surface area contributed by atoms with Crippen LogP contribution in [-0.2, 0) is 0 Å². The van der Waals surface area contributed by atoms with Crippen LogP contribution in [0.25, 0.3) is 0 Å². The molecule has 21 heavy (non-hydrogen) atoms. The molecule has 1 aromatic carbocycles. The van der Waals surface area contributed by atoms with Gasteiger partial charge in [-0.2, -0.15) is 0 Å². The largest absolute Gasteiger partial charge is 0.493 e. The molecule has 0 bridgehead atoms. The quantitative estimate of drug-likeness (QED) is 0.745. The predicted molar refractivity (Wildman–Crippen MR) is 83.7 cm³/mol. The minimum Gasteiger partial charge on any atom is -0.493 e. The molecule has 0 N–H and O–H groups in total. The Hall–Kier alpha value is -1.71. The van der Waals surface area contributed by atoms with Crippen LogP contribution in [0.15, 0.2) is 12.1 Å². The smallest absolute Gasteiger partial charge is 0.204 e. The zero-order chi connectivity index (χ0) is 16.2. The van der Waals surface area contributed by atoms with Crippen molar-refractivity contribution in [2.24, 2.45) is 11.3 Å². The number of carbonyl (C=O) groups excluding carboxylic acids is 1. The number of Topliss-reactive ketones (excluding diaryl/α,β-unsaturated/α-hetero) is 1. The van der Waals surface area contributed by atoms with Crippen LogP contribution in [0.1, 0.15) is 44.5 Å². The topological polar surface area (TPSA) is 44.8 Å². The Bertz CT molecular complexity index is 500. The fraction of sp³-hybridized carbons (Fsp3) is 0.588. The molecule has 0 heterocycles. The highest BCUT2D eigenvalue weighted by molar-refractivity contribution is 6.00. The summed E-state index contributed by atoms with van der Waals surface area (Å²) in [6.07, 6.45) is 0.468. The van der Waals surface area contributed by atoms with Gasteiger partial charge in [0.15, 0.2) is 17.3 Å². The van der Waals surface area contributed by atoms with E-state index in [4.69, 9.17) is 14.2 Å². The van der Waals surface area contributed by atoms with Crippen molar-refractivity contribution in [3.63, 3.8) is 0 Å². The molecule has 4 heteroatoms. The first-order chi connectivity index (χ1) is 9.76. The van der Waals surface area contributed by atoms with E-state index in [0.29, 0.717) is 29.2 Å². The van der Waals surface area contributed by atoms with Gasteiger partial charge in [-0.25, -0.2) is 0 Å². The number of carbonyl (C=O) groups is 1. The van der Waals surface area contributed by atoms with Gasteiger partial charge in [0.25, 0.3) is 0 Å². The van der Waals surface area contributed by atoms with Crippen LogP contribution in [0.5, 0.6) is 17.2 Å². The standard InChI is InChI=1S/C17H26O4/c1-11(17(2,3)4)10-13(18)12-8-9-14(19-5)16(21-7)15(12)20-6/h8-9,11H,10H2,1-7H3. The highest BCUT2D eigenvalue weighted by atomic mass is 16.5. The number of ketones is 1. The summed E-state index contributed by atoms with van der Waals surface area (Å²) in [7, 11) is 4.62. The van der Waals surface area contributed by atoms with Gasteiger partial charge in [-0.1, -0.05) is 27.7 Å². The SMILES string of the molecule is COc1ccc(C(=O)CC(C)C(C)(C)C)c(OC)c1OC. The Morgan fingerprint density at radius 2 is 1.62 bits per heavy atom. The van der Waals surface area contributed by atoms with Crippen molar-refractivity contribution >= 4 is 5.78 Å². The highest BCUT2D eigenvalue weighted by Gasteiger charge is 2.26. The second-order valence-corrected chi connectivity index (χ2v) is 6.28. The molecule has 0 radical (unpaired) electrons. The average molecular weight is 294 g/mol. The van der Waals surface area contributed by atoms with Gasteiger partial charge in [0, 0.05) is 6.42 Å². The van der Waals surface area contributed by atoms with Crippen molar-refractivity contribution in [1.82, 2.24) is 0 Å². The first-order valence-electron chi connectivity index (χ1n) is 7.08. The first-order valence-corrected chi connectivity index (χ1v) is 7.08. The van der Waals surface area contributed by atoms with E-state index in [-0.39, 0.29) is 17.1 Å². The Balaban J connectivity index is 3.16. The van der Waals surface area contributed by atoms with Gasteiger partial charge in [0.05, 0.1) is 26.9 Å². The molecule has 1 atom stereocenters. The van der Waals surface area contributed by atoms with Gasteiger partial charge < -0.3 is 14.2 Å². The van der Waals surface area contributed by atoms with E-state index in [0.717, 1.165) is 0 Å². The second kappa shape index (κ2) is 6.83. The van der Waals surface area contributed by atoms with Crippen LogP contribution in [0.2, 0.25) is 0 Å². The van der Waals surface area contributed by atoms with Crippen LogP contribution in [0.4, 0.5) is 0 Å². The molecule has 0 amide bonds. The van der Waals surface area contributed by atoms with Crippen molar-refractivity contribution in [3.8, 4) is 17.2 Å². The average Bonchev–Trinajstić information content (AvgIpc) is 2.43. The van der Waals surface area contributed by atoms with Crippen LogP contribution in [-0.4, -0.2) is 27.1 Å². The molecular weight excluding hydrogens is 268 g/mol. The minimum absolute atomic E-state index is 0.0511. The molecule has 0 aliphatic rings.